The highest BCUT2D eigenvalue weighted by molar-refractivity contribution is 6.06. The lowest BCUT2D eigenvalue weighted by molar-refractivity contribution is -0.0718. The summed E-state index contributed by atoms with van der Waals surface area (Å²) >= 11 is 0. The molecule has 0 aliphatic carbocycles. The highest BCUT2D eigenvalue weighted by atomic mass is 16.5. The average Bonchev–Trinajstić information content (AvgIpc) is 3.78. The van der Waals surface area contributed by atoms with Crippen LogP contribution in [0.15, 0.2) is 70.6 Å². The summed E-state index contributed by atoms with van der Waals surface area (Å²) in [4.78, 5) is 15.7. The Kier molecular flexibility index (Phi) is 10.1. The maximum atomic E-state index is 6.14. The molecule has 2 aromatic rings. The molecule has 2 aromatic carbocycles. The second-order valence-corrected chi connectivity index (χ2v) is 14.8. The number of hydrogen-bond donors (Lipinski definition) is 0. The number of nitrogens with zero attached hydrogens (tertiary/aromatic N) is 4. The minimum absolute atomic E-state index is 0.159. The van der Waals surface area contributed by atoms with Crippen LogP contribution in [-0.4, -0.2) is 85.2 Å². The number of ether oxygens (including phenoxy) is 2. The molecule has 248 valence electrons. The highest BCUT2D eigenvalue weighted by Crippen LogP contribution is 2.42. The van der Waals surface area contributed by atoms with E-state index in [2.05, 4.69) is 72.2 Å². The molecule has 0 saturated carbocycles. The van der Waals surface area contributed by atoms with Crippen LogP contribution in [0, 0.1) is 17.3 Å². The minimum atomic E-state index is -0.350. The van der Waals surface area contributed by atoms with Crippen molar-refractivity contribution in [2.75, 3.05) is 39.4 Å². The fraction of sp³-hybridized carbons (Fsp3) is 0.650. The molecule has 4 fully saturated rings. The van der Waals surface area contributed by atoms with Crippen molar-refractivity contribution in [3.63, 3.8) is 0 Å². The molecule has 0 amide bonds. The third-order valence-corrected chi connectivity index (χ3v) is 12.0. The van der Waals surface area contributed by atoms with E-state index in [1.54, 1.807) is 6.42 Å². The van der Waals surface area contributed by atoms with Gasteiger partial charge in [-0.25, -0.2) is 9.98 Å². The molecule has 0 radical (unpaired) electrons. The van der Waals surface area contributed by atoms with E-state index in [-0.39, 0.29) is 17.5 Å². The predicted octanol–water partition coefficient (Wildman–Crippen LogP) is 7.22. The molecule has 0 spiro atoms. The lowest BCUT2D eigenvalue weighted by Crippen LogP contribution is -2.63. The van der Waals surface area contributed by atoms with Crippen molar-refractivity contribution in [2.24, 2.45) is 27.2 Å². The number of piperidine rings is 4. The van der Waals surface area contributed by atoms with Crippen molar-refractivity contribution in [3.05, 3.63) is 71.8 Å². The maximum Gasteiger partial charge on any atom is 0.199 e. The first kappa shape index (κ1) is 31.9. The maximum absolute atomic E-state index is 6.14. The first-order valence-corrected chi connectivity index (χ1v) is 18.6. The van der Waals surface area contributed by atoms with E-state index in [1.807, 2.05) is 12.1 Å². The van der Waals surface area contributed by atoms with Gasteiger partial charge in [0.1, 0.15) is 18.6 Å². The largest absolute Gasteiger partial charge is 0.478 e. The average molecular weight is 625 g/mol. The summed E-state index contributed by atoms with van der Waals surface area (Å²) in [6.07, 6.45) is 14.0. The van der Waals surface area contributed by atoms with Gasteiger partial charge in [0.25, 0.3) is 0 Å². The van der Waals surface area contributed by atoms with Gasteiger partial charge < -0.3 is 9.47 Å². The Morgan fingerprint density at radius 1 is 0.652 bits per heavy atom. The van der Waals surface area contributed by atoms with E-state index >= 15 is 0 Å². The quantitative estimate of drug-likeness (QED) is 0.311. The Morgan fingerprint density at radius 2 is 1.11 bits per heavy atom. The number of hydrogen-bond acceptors (Lipinski definition) is 6. The summed E-state index contributed by atoms with van der Waals surface area (Å²) in [6, 6.07) is 23.2. The van der Waals surface area contributed by atoms with Gasteiger partial charge >= 0.3 is 0 Å². The van der Waals surface area contributed by atoms with Gasteiger partial charge in [0, 0.05) is 25.2 Å². The second kappa shape index (κ2) is 14.6. The topological polar surface area (TPSA) is 49.7 Å². The monoisotopic (exact) mass is 624 g/mol. The van der Waals surface area contributed by atoms with Crippen LogP contribution in [0.2, 0.25) is 0 Å². The molecule has 2 unspecified atom stereocenters. The van der Waals surface area contributed by atoms with Crippen LogP contribution < -0.4 is 0 Å². The molecular formula is C40H56N4O2. The summed E-state index contributed by atoms with van der Waals surface area (Å²) in [5, 5.41) is 0. The van der Waals surface area contributed by atoms with Gasteiger partial charge in [-0.2, -0.15) is 0 Å². The predicted molar refractivity (Wildman–Crippen MR) is 188 cm³/mol. The van der Waals surface area contributed by atoms with Crippen molar-refractivity contribution in [2.45, 2.75) is 109 Å². The normalized spacial score (nSPS) is 30.9. The molecule has 6 aliphatic heterocycles. The van der Waals surface area contributed by atoms with Gasteiger partial charge in [-0.3, -0.25) is 9.80 Å². The number of rotatable bonds is 8. The van der Waals surface area contributed by atoms with E-state index in [0.717, 1.165) is 61.4 Å². The Bertz CT molecular complexity index is 1230. The van der Waals surface area contributed by atoms with Gasteiger partial charge in [0.05, 0.1) is 12.1 Å². The van der Waals surface area contributed by atoms with Crippen LogP contribution in [0.5, 0.6) is 0 Å². The first-order chi connectivity index (χ1) is 22.6. The summed E-state index contributed by atoms with van der Waals surface area (Å²) in [5.41, 5.74) is 2.24. The Morgan fingerprint density at radius 3 is 1.54 bits per heavy atom. The van der Waals surface area contributed by atoms with Gasteiger partial charge in [-0.1, -0.05) is 87.4 Å². The number of aliphatic imine (C=N–C) groups is 2. The summed E-state index contributed by atoms with van der Waals surface area (Å²) < 4.78 is 12.3. The van der Waals surface area contributed by atoms with Gasteiger partial charge in [-0.15, -0.1) is 0 Å². The molecule has 0 aromatic heterocycles. The van der Waals surface area contributed by atoms with Crippen LogP contribution in [0.1, 0.15) is 82.8 Å². The molecule has 6 heterocycles. The lowest BCUT2D eigenvalue weighted by Gasteiger charge is -2.57. The summed E-state index contributed by atoms with van der Waals surface area (Å²) in [5.74, 6) is 3.65. The molecule has 6 aliphatic rings. The zero-order valence-electron chi connectivity index (χ0n) is 28.4. The third kappa shape index (κ3) is 6.80. The Hall–Kier alpha value is -2.70. The molecule has 0 N–H and O–H groups in total. The minimum Gasteiger partial charge on any atom is -0.478 e. The summed E-state index contributed by atoms with van der Waals surface area (Å²) in [7, 11) is 0. The lowest BCUT2D eigenvalue weighted by atomic mass is 9.71. The third-order valence-electron chi connectivity index (χ3n) is 12.0. The van der Waals surface area contributed by atoms with E-state index in [1.165, 1.54) is 75.8 Å². The van der Waals surface area contributed by atoms with Crippen LogP contribution in [0.3, 0.4) is 0 Å². The first-order valence-electron chi connectivity index (χ1n) is 18.6. The Balaban J connectivity index is 0.000000167. The van der Waals surface area contributed by atoms with E-state index in [9.17, 15) is 0 Å². The van der Waals surface area contributed by atoms with Crippen molar-refractivity contribution in [3.8, 4) is 0 Å². The second-order valence-electron chi connectivity index (χ2n) is 14.8. The molecule has 6 atom stereocenters. The fourth-order valence-corrected chi connectivity index (χ4v) is 9.53. The molecule has 8 rings (SSSR count). The summed E-state index contributed by atoms with van der Waals surface area (Å²) in [6.45, 7) is 11.3. The van der Waals surface area contributed by atoms with Crippen molar-refractivity contribution >= 4 is 11.8 Å². The van der Waals surface area contributed by atoms with Gasteiger partial charge in [-0.05, 0) is 93.8 Å². The fourth-order valence-electron chi connectivity index (χ4n) is 9.53. The molecule has 46 heavy (non-hydrogen) atoms. The molecule has 6 heteroatoms. The van der Waals surface area contributed by atoms with Crippen LogP contribution in [0.4, 0.5) is 0 Å². The van der Waals surface area contributed by atoms with Crippen LogP contribution >= 0.6 is 0 Å². The van der Waals surface area contributed by atoms with Crippen LogP contribution in [0.25, 0.3) is 0 Å². The zero-order chi connectivity index (χ0) is 31.3. The SMILES string of the molecule is C1CCN2C[C@@H]3CC(CN4CCCC[C@@H]34)C2C1.CCC(CC)(C1=N[C@@H](Cc2ccccc2)CO1)C1=N[C@@H](Cc2ccccc2)CO1. The number of benzene rings is 2. The molecule has 2 bridgehead atoms. The molecule has 4 saturated heterocycles. The van der Waals surface area contributed by atoms with Gasteiger partial charge in [0.2, 0.25) is 0 Å². The van der Waals surface area contributed by atoms with E-state index < -0.39 is 0 Å². The van der Waals surface area contributed by atoms with Crippen molar-refractivity contribution in [1.82, 2.24) is 9.80 Å². The Labute approximate surface area is 277 Å². The van der Waals surface area contributed by atoms with Gasteiger partial charge in [0.15, 0.2) is 11.8 Å². The smallest absolute Gasteiger partial charge is 0.199 e. The van der Waals surface area contributed by atoms with E-state index in [0.29, 0.717) is 13.2 Å². The zero-order valence-corrected chi connectivity index (χ0v) is 28.4. The highest BCUT2D eigenvalue weighted by Gasteiger charge is 2.47. The van der Waals surface area contributed by atoms with E-state index in [4.69, 9.17) is 19.5 Å². The molecular weight excluding hydrogens is 568 g/mol. The van der Waals surface area contributed by atoms with Crippen molar-refractivity contribution < 1.29 is 9.47 Å². The standard InChI is InChI=1S/C25H30N2O2.C15H26N2/c1-3-25(4-2,23-26-21(17-28-23)15-19-11-7-5-8-12-19)24-27-22(18-29-24)16-20-13-9-6-10-14-20;1-3-7-16-11-13-9-12(14(16)5-1)10-17-8-4-2-6-15(13)17/h5-14,21-22H,3-4,15-18H2,1-2H3;12-15H,1-11H2/t21-,22-;12-,13?,14-,15?/m00/s1. The van der Waals surface area contributed by atoms with Crippen molar-refractivity contribution in [1.29, 1.82) is 0 Å². The number of fused-ring (bicyclic) bond motifs is 6. The molecule has 6 nitrogen and oxygen atoms in total. The van der Waals surface area contributed by atoms with Crippen LogP contribution in [-0.2, 0) is 22.3 Å².